The minimum Gasteiger partial charge on any atom is -0.378 e. The van der Waals surface area contributed by atoms with Gasteiger partial charge in [0.1, 0.15) is 5.69 Å². The number of amides is 1. The standard InChI is InChI=1S/C19H15F3N4O3/c20-19(21,22)14-11-15(27)26-6-5-23-16(17(26)24-14)12-1-3-13(4-2-12)18(28)25-7-9-29-10-8-25/h1-6,11H,7-10H2. The van der Waals surface area contributed by atoms with E-state index < -0.39 is 17.4 Å². The third-order valence-corrected chi connectivity index (χ3v) is 4.58. The minimum atomic E-state index is -4.75. The molecule has 1 amide bonds. The third kappa shape index (κ3) is 3.70. The molecule has 7 nitrogen and oxygen atoms in total. The van der Waals surface area contributed by atoms with Gasteiger partial charge in [-0.25, -0.2) is 4.98 Å². The van der Waals surface area contributed by atoms with E-state index in [0.717, 1.165) is 4.40 Å². The van der Waals surface area contributed by atoms with Gasteiger partial charge in [-0.3, -0.25) is 19.0 Å². The van der Waals surface area contributed by atoms with Crippen LogP contribution in [0.3, 0.4) is 0 Å². The lowest BCUT2D eigenvalue weighted by Gasteiger charge is -2.26. The van der Waals surface area contributed by atoms with Crippen molar-refractivity contribution in [2.75, 3.05) is 26.3 Å². The Bertz CT molecular complexity index is 1120. The molecule has 1 aromatic carbocycles. The van der Waals surface area contributed by atoms with Crippen molar-refractivity contribution < 1.29 is 22.7 Å². The van der Waals surface area contributed by atoms with Crippen LogP contribution in [0, 0.1) is 0 Å². The molecule has 0 radical (unpaired) electrons. The molecular formula is C19H15F3N4O3. The van der Waals surface area contributed by atoms with Gasteiger partial charge in [0, 0.05) is 42.7 Å². The lowest BCUT2D eigenvalue weighted by atomic mass is 10.1. The summed E-state index contributed by atoms with van der Waals surface area (Å²) in [5.74, 6) is -0.153. The van der Waals surface area contributed by atoms with Crippen LogP contribution in [0.1, 0.15) is 16.1 Å². The number of hydrogen-bond donors (Lipinski definition) is 0. The molecule has 150 valence electrons. The Hall–Kier alpha value is -3.27. The Morgan fingerprint density at radius 3 is 2.45 bits per heavy atom. The van der Waals surface area contributed by atoms with E-state index in [1.807, 2.05) is 0 Å². The summed E-state index contributed by atoms with van der Waals surface area (Å²) in [7, 11) is 0. The molecule has 1 saturated heterocycles. The first-order valence-corrected chi connectivity index (χ1v) is 8.78. The van der Waals surface area contributed by atoms with Crippen LogP contribution in [0.5, 0.6) is 0 Å². The van der Waals surface area contributed by atoms with Crippen molar-refractivity contribution in [2.24, 2.45) is 0 Å². The minimum absolute atomic E-state index is 0.112. The summed E-state index contributed by atoms with van der Waals surface area (Å²) in [4.78, 5) is 34.0. The average molecular weight is 404 g/mol. The van der Waals surface area contributed by atoms with Gasteiger partial charge in [-0.15, -0.1) is 0 Å². The first-order chi connectivity index (χ1) is 13.8. The quantitative estimate of drug-likeness (QED) is 0.655. The number of rotatable bonds is 2. The van der Waals surface area contributed by atoms with Gasteiger partial charge in [0.2, 0.25) is 0 Å². The summed E-state index contributed by atoms with van der Waals surface area (Å²) in [5.41, 5.74) is -1.36. The SMILES string of the molecule is O=C(c1ccc(-c2nccn3c(=O)cc(C(F)(F)F)nc23)cc1)N1CCOCC1. The molecule has 2 aromatic heterocycles. The van der Waals surface area contributed by atoms with E-state index in [4.69, 9.17) is 4.74 Å². The van der Waals surface area contributed by atoms with Gasteiger partial charge in [-0.2, -0.15) is 13.2 Å². The number of nitrogens with zero attached hydrogens (tertiary/aromatic N) is 4. The molecule has 10 heteroatoms. The average Bonchev–Trinajstić information content (AvgIpc) is 2.73. The number of morpholine rings is 1. The van der Waals surface area contributed by atoms with Crippen molar-refractivity contribution >= 4 is 11.6 Å². The van der Waals surface area contributed by atoms with Crippen molar-refractivity contribution in [3.05, 3.63) is 64.3 Å². The normalized spacial score (nSPS) is 14.9. The molecule has 1 aliphatic rings. The number of ether oxygens (including phenoxy) is 1. The zero-order chi connectivity index (χ0) is 20.6. The molecule has 0 spiro atoms. The lowest BCUT2D eigenvalue weighted by molar-refractivity contribution is -0.141. The Morgan fingerprint density at radius 1 is 1.10 bits per heavy atom. The smallest absolute Gasteiger partial charge is 0.378 e. The Kier molecular flexibility index (Phi) is 4.79. The monoisotopic (exact) mass is 404 g/mol. The summed E-state index contributed by atoms with van der Waals surface area (Å²) < 4.78 is 45.4. The summed E-state index contributed by atoms with van der Waals surface area (Å²) in [6, 6.07) is 6.74. The van der Waals surface area contributed by atoms with Crippen molar-refractivity contribution in [2.45, 2.75) is 6.18 Å². The van der Waals surface area contributed by atoms with Crippen LogP contribution in [-0.4, -0.2) is 51.5 Å². The number of benzene rings is 1. The molecule has 0 unspecified atom stereocenters. The van der Waals surface area contributed by atoms with Gasteiger partial charge < -0.3 is 9.64 Å². The van der Waals surface area contributed by atoms with Gasteiger partial charge >= 0.3 is 6.18 Å². The van der Waals surface area contributed by atoms with Crippen LogP contribution in [0.2, 0.25) is 0 Å². The fraction of sp³-hybridized carbons (Fsp3) is 0.263. The zero-order valence-electron chi connectivity index (χ0n) is 15.0. The number of fused-ring (bicyclic) bond motifs is 1. The van der Waals surface area contributed by atoms with Gasteiger partial charge in [0.15, 0.2) is 11.3 Å². The molecular weight excluding hydrogens is 389 g/mol. The van der Waals surface area contributed by atoms with Crippen LogP contribution in [0.4, 0.5) is 13.2 Å². The first-order valence-electron chi connectivity index (χ1n) is 8.78. The highest BCUT2D eigenvalue weighted by Gasteiger charge is 2.34. The molecule has 0 saturated carbocycles. The van der Waals surface area contributed by atoms with Crippen LogP contribution in [0.15, 0.2) is 47.5 Å². The van der Waals surface area contributed by atoms with E-state index in [1.54, 1.807) is 29.2 Å². The number of hydrogen-bond acceptors (Lipinski definition) is 5. The Balaban J connectivity index is 1.74. The van der Waals surface area contributed by atoms with Crippen molar-refractivity contribution in [3.63, 3.8) is 0 Å². The number of alkyl halides is 3. The van der Waals surface area contributed by atoms with E-state index in [-0.39, 0.29) is 17.2 Å². The van der Waals surface area contributed by atoms with Crippen LogP contribution in [0.25, 0.3) is 16.9 Å². The highest BCUT2D eigenvalue weighted by molar-refractivity contribution is 5.95. The number of carbonyl (C=O) groups is 1. The molecule has 3 aromatic rings. The number of halogens is 3. The van der Waals surface area contributed by atoms with Gasteiger partial charge in [-0.05, 0) is 12.1 Å². The maximum atomic E-state index is 13.1. The lowest BCUT2D eigenvalue weighted by Crippen LogP contribution is -2.40. The fourth-order valence-corrected chi connectivity index (χ4v) is 3.10. The van der Waals surface area contributed by atoms with E-state index in [0.29, 0.717) is 43.5 Å². The Labute approximate surface area is 162 Å². The highest BCUT2D eigenvalue weighted by atomic mass is 19.4. The van der Waals surface area contributed by atoms with Gasteiger partial charge in [-0.1, -0.05) is 12.1 Å². The third-order valence-electron chi connectivity index (χ3n) is 4.58. The van der Waals surface area contributed by atoms with Gasteiger partial charge in [0.05, 0.1) is 13.2 Å². The second kappa shape index (κ2) is 7.28. The van der Waals surface area contributed by atoms with E-state index in [1.165, 1.54) is 12.4 Å². The second-order valence-electron chi connectivity index (χ2n) is 6.43. The van der Waals surface area contributed by atoms with E-state index in [2.05, 4.69) is 9.97 Å². The number of carbonyl (C=O) groups excluding carboxylic acids is 1. The summed E-state index contributed by atoms with van der Waals surface area (Å²) in [5, 5.41) is 0. The molecule has 29 heavy (non-hydrogen) atoms. The molecule has 4 rings (SSSR count). The summed E-state index contributed by atoms with van der Waals surface area (Å²) in [6.07, 6.45) is -2.19. The van der Waals surface area contributed by atoms with Crippen LogP contribution >= 0.6 is 0 Å². The topological polar surface area (TPSA) is 76.8 Å². The molecule has 1 aliphatic heterocycles. The summed E-state index contributed by atoms with van der Waals surface area (Å²) >= 11 is 0. The second-order valence-corrected chi connectivity index (χ2v) is 6.43. The zero-order valence-corrected chi connectivity index (χ0v) is 15.0. The fourth-order valence-electron chi connectivity index (χ4n) is 3.10. The van der Waals surface area contributed by atoms with E-state index in [9.17, 15) is 22.8 Å². The molecule has 1 fully saturated rings. The molecule has 0 N–H and O–H groups in total. The maximum absolute atomic E-state index is 13.1. The first kappa shape index (κ1) is 19.1. The van der Waals surface area contributed by atoms with Gasteiger partial charge in [0.25, 0.3) is 11.5 Å². The van der Waals surface area contributed by atoms with E-state index >= 15 is 0 Å². The maximum Gasteiger partial charge on any atom is 0.433 e. The molecule has 0 atom stereocenters. The van der Waals surface area contributed by atoms with Crippen molar-refractivity contribution in [1.29, 1.82) is 0 Å². The Morgan fingerprint density at radius 2 is 1.79 bits per heavy atom. The number of aromatic nitrogens is 3. The summed E-state index contributed by atoms with van der Waals surface area (Å²) in [6.45, 7) is 1.95. The van der Waals surface area contributed by atoms with Crippen molar-refractivity contribution in [3.8, 4) is 11.3 Å². The van der Waals surface area contributed by atoms with Crippen LogP contribution in [-0.2, 0) is 10.9 Å². The highest BCUT2D eigenvalue weighted by Crippen LogP contribution is 2.28. The largest absolute Gasteiger partial charge is 0.433 e. The predicted molar refractivity (Wildman–Crippen MR) is 96.4 cm³/mol. The molecule has 0 bridgehead atoms. The molecule has 0 aliphatic carbocycles. The predicted octanol–water partition coefficient (Wildman–Crippen LogP) is 2.25. The van der Waals surface area contributed by atoms with Crippen LogP contribution < -0.4 is 5.56 Å². The molecule has 3 heterocycles. The van der Waals surface area contributed by atoms with Crippen molar-refractivity contribution in [1.82, 2.24) is 19.3 Å².